The van der Waals surface area contributed by atoms with Crippen LogP contribution in [0.4, 0.5) is 0 Å². The highest BCUT2D eigenvalue weighted by Crippen LogP contribution is 2.20. The third-order valence-electron chi connectivity index (χ3n) is 3.10. The summed E-state index contributed by atoms with van der Waals surface area (Å²) in [4.78, 5) is 22.4. The number of ether oxygens (including phenoxy) is 1. The summed E-state index contributed by atoms with van der Waals surface area (Å²) in [6.45, 7) is 5.30. The van der Waals surface area contributed by atoms with Gasteiger partial charge in [0.05, 0.1) is 13.5 Å². The molecule has 0 saturated heterocycles. The summed E-state index contributed by atoms with van der Waals surface area (Å²) in [6, 6.07) is 0. The van der Waals surface area contributed by atoms with Crippen molar-refractivity contribution in [3.05, 3.63) is 0 Å². The first-order chi connectivity index (χ1) is 8.51. The smallest absolute Gasteiger partial charge is 0.307 e. The van der Waals surface area contributed by atoms with Crippen LogP contribution in [0, 0.1) is 11.8 Å². The second kappa shape index (κ2) is 9.88. The Morgan fingerprint density at radius 3 is 2.39 bits per heavy atom. The average Bonchev–Trinajstić information content (AvgIpc) is 2.33. The Kier molecular flexibility index (Phi) is 9.28. The Morgan fingerprint density at radius 2 is 1.89 bits per heavy atom. The average molecular weight is 258 g/mol. The fourth-order valence-electron chi connectivity index (χ4n) is 1.84. The van der Waals surface area contributed by atoms with Gasteiger partial charge >= 0.3 is 5.97 Å². The van der Waals surface area contributed by atoms with E-state index < -0.39 is 0 Å². The van der Waals surface area contributed by atoms with Crippen LogP contribution in [0.25, 0.3) is 0 Å². The number of nitrogens with one attached hydrogen (secondary N) is 1. The maximum Gasteiger partial charge on any atom is 0.307 e. The van der Waals surface area contributed by atoms with Gasteiger partial charge in [-0.25, -0.2) is 0 Å². The van der Waals surface area contributed by atoms with Crippen LogP contribution in [-0.4, -0.2) is 32.1 Å². The Balaban J connectivity index is 3.77. The third kappa shape index (κ3) is 8.06. The summed E-state index contributed by atoms with van der Waals surface area (Å²) in [5, 5.41) is 2.71. The molecular weight excluding hydrogens is 232 g/mol. The van der Waals surface area contributed by atoms with Crippen molar-refractivity contribution in [1.29, 1.82) is 0 Å². The second-order valence-electron chi connectivity index (χ2n) is 4.80. The summed E-state index contributed by atoms with van der Waals surface area (Å²) in [7, 11) is 1.34. The normalized spacial score (nSPS) is 12.3. The fourth-order valence-corrected chi connectivity index (χ4v) is 1.84. The van der Waals surface area contributed by atoms with Crippen molar-refractivity contribution in [1.82, 2.24) is 5.32 Å². The van der Waals surface area contributed by atoms with Gasteiger partial charge in [0.1, 0.15) is 0 Å². The molecule has 0 saturated carbocycles. The van der Waals surface area contributed by atoms with Crippen LogP contribution in [0.5, 0.6) is 0 Å². The largest absolute Gasteiger partial charge is 0.469 e. The van der Waals surface area contributed by atoms with Gasteiger partial charge in [0, 0.05) is 13.0 Å². The molecule has 1 unspecified atom stereocenters. The SMILES string of the molecule is COC(=O)CCNC(=O)CCC(CCN)C(C)C. The number of esters is 1. The summed E-state index contributed by atoms with van der Waals surface area (Å²) in [5.74, 6) is 0.706. The first kappa shape index (κ1) is 16.9. The van der Waals surface area contributed by atoms with Gasteiger partial charge in [0.2, 0.25) is 5.91 Å². The van der Waals surface area contributed by atoms with Crippen LogP contribution < -0.4 is 11.1 Å². The molecule has 1 amide bonds. The van der Waals surface area contributed by atoms with Crippen LogP contribution >= 0.6 is 0 Å². The van der Waals surface area contributed by atoms with Crippen molar-refractivity contribution in [3.63, 3.8) is 0 Å². The maximum atomic E-state index is 11.5. The van der Waals surface area contributed by atoms with E-state index in [1.54, 1.807) is 0 Å². The van der Waals surface area contributed by atoms with Gasteiger partial charge in [0.25, 0.3) is 0 Å². The molecule has 0 aliphatic rings. The molecule has 0 fully saturated rings. The molecule has 0 aliphatic carbocycles. The number of nitrogens with two attached hydrogens (primary N) is 1. The lowest BCUT2D eigenvalue weighted by Crippen LogP contribution is -2.27. The molecule has 0 bridgehead atoms. The number of carbonyl (C=O) groups excluding carboxylic acids is 2. The molecular formula is C13H26N2O3. The number of hydrogen-bond acceptors (Lipinski definition) is 4. The number of carbonyl (C=O) groups is 2. The molecule has 0 spiro atoms. The van der Waals surface area contributed by atoms with Crippen LogP contribution in [0.3, 0.4) is 0 Å². The van der Waals surface area contributed by atoms with Crippen LogP contribution in [0.1, 0.15) is 39.5 Å². The molecule has 1 atom stereocenters. The molecule has 0 aliphatic heterocycles. The Hall–Kier alpha value is -1.10. The Bertz CT molecular complexity index is 255. The van der Waals surface area contributed by atoms with Crippen molar-refractivity contribution >= 4 is 11.9 Å². The van der Waals surface area contributed by atoms with E-state index in [9.17, 15) is 9.59 Å². The summed E-state index contributed by atoms with van der Waals surface area (Å²) < 4.78 is 4.49. The molecule has 0 radical (unpaired) electrons. The molecule has 0 heterocycles. The van der Waals surface area contributed by atoms with Gasteiger partial charge in [0.15, 0.2) is 0 Å². The van der Waals surface area contributed by atoms with E-state index in [-0.39, 0.29) is 18.3 Å². The van der Waals surface area contributed by atoms with E-state index in [4.69, 9.17) is 5.73 Å². The highest BCUT2D eigenvalue weighted by Gasteiger charge is 2.14. The summed E-state index contributed by atoms with van der Waals surface area (Å²) >= 11 is 0. The lowest BCUT2D eigenvalue weighted by Gasteiger charge is -2.19. The van der Waals surface area contributed by atoms with Crippen molar-refractivity contribution < 1.29 is 14.3 Å². The van der Waals surface area contributed by atoms with Gasteiger partial charge in [-0.15, -0.1) is 0 Å². The molecule has 106 valence electrons. The monoisotopic (exact) mass is 258 g/mol. The highest BCUT2D eigenvalue weighted by atomic mass is 16.5. The van der Waals surface area contributed by atoms with Crippen LogP contribution in [0.15, 0.2) is 0 Å². The minimum absolute atomic E-state index is 0.0124. The summed E-state index contributed by atoms with van der Waals surface area (Å²) in [5.41, 5.74) is 5.55. The molecule has 5 heteroatoms. The standard InChI is InChI=1S/C13H26N2O3/c1-10(2)11(6-8-14)4-5-12(16)15-9-7-13(17)18-3/h10-11H,4-9,14H2,1-3H3,(H,15,16). The number of rotatable bonds is 9. The Morgan fingerprint density at radius 1 is 1.22 bits per heavy atom. The molecule has 3 N–H and O–H groups in total. The molecule has 0 aromatic rings. The van der Waals surface area contributed by atoms with E-state index in [1.807, 2.05) is 0 Å². The topological polar surface area (TPSA) is 81.4 Å². The van der Waals surface area contributed by atoms with Crippen molar-refractivity contribution in [3.8, 4) is 0 Å². The minimum atomic E-state index is -0.307. The van der Waals surface area contributed by atoms with Crippen LogP contribution in [0.2, 0.25) is 0 Å². The van der Waals surface area contributed by atoms with Gasteiger partial charge in [-0.3, -0.25) is 9.59 Å². The molecule has 5 nitrogen and oxygen atoms in total. The zero-order valence-electron chi connectivity index (χ0n) is 11.7. The van der Waals surface area contributed by atoms with Gasteiger partial charge in [-0.05, 0) is 31.2 Å². The second-order valence-corrected chi connectivity index (χ2v) is 4.80. The number of amides is 1. The third-order valence-corrected chi connectivity index (χ3v) is 3.10. The van der Waals surface area contributed by atoms with Crippen molar-refractivity contribution in [2.75, 3.05) is 20.2 Å². The predicted octanol–water partition coefficient (Wildman–Crippen LogP) is 1.07. The van der Waals surface area contributed by atoms with Crippen LogP contribution in [-0.2, 0) is 14.3 Å². The first-order valence-electron chi connectivity index (χ1n) is 6.54. The van der Waals surface area contributed by atoms with E-state index in [1.165, 1.54) is 7.11 Å². The number of methoxy groups -OCH3 is 1. The lowest BCUT2D eigenvalue weighted by molar-refractivity contribution is -0.140. The maximum absolute atomic E-state index is 11.5. The molecule has 0 aromatic heterocycles. The van der Waals surface area contributed by atoms with E-state index in [2.05, 4.69) is 23.9 Å². The quantitative estimate of drug-likeness (QED) is 0.606. The predicted molar refractivity (Wildman–Crippen MR) is 70.9 cm³/mol. The first-order valence-corrected chi connectivity index (χ1v) is 6.54. The van der Waals surface area contributed by atoms with E-state index in [0.29, 0.717) is 31.3 Å². The lowest BCUT2D eigenvalue weighted by atomic mass is 9.88. The molecule has 18 heavy (non-hydrogen) atoms. The van der Waals surface area contributed by atoms with E-state index in [0.717, 1.165) is 12.8 Å². The number of hydrogen-bond donors (Lipinski definition) is 2. The van der Waals surface area contributed by atoms with Gasteiger partial charge in [-0.1, -0.05) is 13.8 Å². The van der Waals surface area contributed by atoms with Crippen molar-refractivity contribution in [2.24, 2.45) is 17.6 Å². The minimum Gasteiger partial charge on any atom is -0.469 e. The Labute approximate surface area is 109 Å². The molecule has 0 rings (SSSR count). The highest BCUT2D eigenvalue weighted by molar-refractivity contribution is 5.76. The van der Waals surface area contributed by atoms with Gasteiger partial charge < -0.3 is 15.8 Å². The van der Waals surface area contributed by atoms with Gasteiger partial charge in [-0.2, -0.15) is 0 Å². The fraction of sp³-hybridized carbons (Fsp3) is 0.846. The summed E-state index contributed by atoms with van der Waals surface area (Å²) in [6.07, 6.45) is 2.51. The molecule has 0 aromatic carbocycles. The van der Waals surface area contributed by atoms with Crippen molar-refractivity contribution in [2.45, 2.75) is 39.5 Å². The zero-order chi connectivity index (χ0) is 14.0. The zero-order valence-corrected chi connectivity index (χ0v) is 11.7. The van der Waals surface area contributed by atoms with E-state index >= 15 is 0 Å².